The van der Waals surface area contributed by atoms with Crippen LogP contribution in [0.4, 0.5) is 0 Å². The standard InChI is InChI=1S/C44H26N4O2/c1-4-12-27(13-5-1)35-26-36(46-43(45-35)29-16-8-3-9-17-29)30-21-23-38-34(24-30)32-22-20-31(25-39(32)49-38)44-47-40(28-14-6-2-7-15-28)42-41(48-44)33-18-10-11-19-37(33)50-42/h1-26H. The predicted molar refractivity (Wildman–Crippen MR) is 199 cm³/mol. The quantitative estimate of drug-likeness (QED) is 0.186. The Labute approximate surface area is 286 Å². The number of para-hydroxylation sites is 1. The Balaban J connectivity index is 1.11. The first-order valence-corrected chi connectivity index (χ1v) is 16.5. The fourth-order valence-corrected chi connectivity index (χ4v) is 6.66. The van der Waals surface area contributed by atoms with E-state index in [1.165, 1.54) is 0 Å². The number of benzene rings is 6. The van der Waals surface area contributed by atoms with Gasteiger partial charge in [0.05, 0.1) is 11.4 Å². The van der Waals surface area contributed by atoms with Gasteiger partial charge in [0, 0.05) is 44.0 Å². The molecule has 0 aliphatic rings. The van der Waals surface area contributed by atoms with Crippen molar-refractivity contribution < 1.29 is 8.83 Å². The van der Waals surface area contributed by atoms with E-state index in [9.17, 15) is 0 Å². The van der Waals surface area contributed by atoms with Crippen LogP contribution in [0.15, 0.2) is 167 Å². The third-order valence-electron chi connectivity index (χ3n) is 9.12. The van der Waals surface area contributed by atoms with Crippen LogP contribution in [0, 0.1) is 0 Å². The van der Waals surface area contributed by atoms with Crippen molar-refractivity contribution in [2.75, 3.05) is 0 Å². The van der Waals surface area contributed by atoms with Crippen LogP contribution in [0.2, 0.25) is 0 Å². The predicted octanol–water partition coefficient (Wildman–Crippen LogP) is 11.4. The summed E-state index contributed by atoms with van der Waals surface area (Å²) in [7, 11) is 0. The number of aromatic nitrogens is 4. The minimum Gasteiger partial charge on any atom is -0.456 e. The molecule has 0 saturated heterocycles. The van der Waals surface area contributed by atoms with Crippen LogP contribution in [0.3, 0.4) is 0 Å². The first-order chi connectivity index (χ1) is 24.7. The molecule has 0 bridgehead atoms. The molecule has 10 rings (SSSR count). The Bertz CT molecular complexity index is 2800. The maximum Gasteiger partial charge on any atom is 0.180 e. The van der Waals surface area contributed by atoms with E-state index in [-0.39, 0.29) is 0 Å². The van der Waals surface area contributed by atoms with Gasteiger partial charge in [-0.2, -0.15) is 0 Å². The molecule has 10 aromatic rings. The Morgan fingerprint density at radius 1 is 0.340 bits per heavy atom. The van der Waals surface area contributed by atoms with Gasteiger partial charge in [0.25, 0.3) is 0 Å². The third kappa shape index (κ3) is 4.73. The van der Waals surface area contributed by atoms with Crippen LogP contribution in [-0.4, -0.2) is 19.9 Å². The Morgan fingerprint density at radius 3 is 1.74 bits per heavy atom. The first-order valence-electron chi connectivity index (χ1n) is 16.5. The molecule has 0 aliphatic carbocycles. The molecule has 0 fully saturated rings. The van der Waals surface area contributed by atoms with Crippen LogP contribution in [0.25, 0.3) is 101 Å². The summed E-state index contributed by atoms with van der Waals surface area (Å²) >= 11 is 0. The van der Waals surface area contributed by atoms with Gasteiger partial charge in [0.15, 0.2) is 17.2 Å². The van der Waals surface area contributed by atoms with E-state index in [1.807, 2.05) is 115 Å². The number of hydrogen-bond donors (Lipinski definition) is 0. The summed E-state index contributed by atoms with van der Waals surface area (Å²) < 4.78 is 12.7. The highest BCUT2D eigenvalue weighted by Crippen LogP contribution is 2.38. The monoisotopic (exact) mass is 642 g/mol. The maximum atomic E-state index is 6.44. The van der Waals surface area contributed by atoms with Crippen LogP contribution in [0.1, 0.15) is 0 Å². The molecule has 0 N–H and O–H groups in total. The van der Waals surface area contributed by atoms with E-state index in [0.29, 0.717) is 17.2 Å². The minimum absolute atomic E-state index is 0.605. The molecular formula is C44H26N4O2. The summed E-state index contributed by atoms with van der Waals surface area (Å²) in [5.41, 5.74) is 11.1. The zero-order valence-corrected chi connectivity index (χ0v) is 26.6. The van der Waals surface area contributed by atoms with Gasteiger partial charge in [0.1, 0.15) is 28.0 Å². The maximum absolute atomic E-state index is 6.44. The molecule has 0 atom stereocenters. The average Bonchev–Trinajstić information content (AvgIpc) is 3.76. The summed E-state index contributed by atoms with van der Waals surface area (Å²) in [5, 5.41) is 2.97. The highest BCUT2D eigenvalue weighted by molar-refractivity contribution is 6.09. The van der Waals surface area contributed by atoms with Crippen molar-refractivity contribution in [3.8, 4) is 56.5 Å². The molecule has 4 aromatic heterocycles. The van der Waals surface area contributed by atoms with Gasteiger partial charge in [-0.25, -0.2) is 19.9 Å². The molecule has 0 unspecified atom stereocenters. The van der Waals surface area contributed by atoms with Gasteiger partial charge in [-0.1, -0.05) is 109 Å². The lowest BCUT2D eigenvalue weighted by molar-refractivity contribution is 0.667. The van der Waals surface area contributed by atoms with Crippen molar-refractivity contribution in [3.63, 3.8) is 0 Å². The minimum atomic E-state index is 0.605. The molecule has 6 heteroatoms. The lowest BCUT2D eigenvalue weighted by atomic mass is 10.0. The van der Waals surface area contributed by atoms with E-state index in [2.05, 4.69) is 42.5 Å². The number of rotatable bonds is 5. The first kappa shape index (κ1) is 28.1. The molecule has 234 valence electrons. The molecule has 6 aromatic carbocycles. The summed E-state index contributed by atoms with van der Waals surface area (Å²) in [6.45, 7) is 0. The van der Waals surface area contributed by atoms with Crippen LogP contribution >= 0.6 is 0 Å². The Morgan fingerprint density at radius 2 is 0.960 bits per heavy atom. The van der Waals surface area contributed by atoms with Crippen molar-refractivity contribution >= 4 is 44.0 Å². The topological polar surface area (TPSA) is 77.8 Å². The smallest absolute Gasteiger partial charge is 0.180 e. The van der Waals surface area contributed by atoms with Crippen molar-refractivity contribution in [1.82, 2.24) is 19.9 Å². The molecule has 6 nitrogen and oxygen atoms in total. The molecule has 50 heavy (non-hydrogen) atoms. The second-order valence-corrected chi connectivity index (χ2v) is 12.3. The molecule has 0 amide bonds. The summed E-state index contributed by atoms with van der Waals surface area (Å²) in [6.07, 6.45) is 0. The second kappa shape index (κ2) is 11.4. The van der Waals surface area contributed by atoms with E-state index in [0.717, 1.165) is 83.3 Å². The molecule has 0 radical (unpaired) electrons. The van der Waals surface area contributed by atoms with Crippen molar-refractivity contribution in [2.45, 2.75) is 0 Å². The van der Waals surface area contributed by atoms with E-state index >= 15 is 0 Å². The number of fused-ring (bicyclic) bond motifs is 6. The summed E-state index contributed by atoms with van der Waals surface area (Å²) in [4.78, 5) is 20.1. The molecule has 0 spiro atoms. The Kier molecular flexibility index (Phi) is 6.39. The SMILES string of the molecule is c1ccc(-c2cc(-c3ccc4oc5cc(-c6nc(-c7ccccc7)c7oc8ccccc8c7n6)ccc5c4c3)nc(-c3ccccc3)n2)cc1. The van der Waals surface area contributed by atoms with Gasteiger partial charge in [-0.05, 0) is 48.5 Å². The van der Waals surface area contributed by atoms with Crippen molar-refractivity contribution in [3.05, 3.63) is 158 Å². The summed E-state index contributed by atoms with van der Waals surface area (Å²) in [5.74, 6) is 1.29. The fraction of sp³-hybridized carbons (Fsp3) is 0. The molecule has 4 heterocycles. The van der Waals surface area contributed by atoms with Crippen molar-refractivity contribution in [1.29, 1.82) is 0 Å². The van der Waals surface area contributed by atoms with Gasteiger partial charge in [0.2, 0.25) is 0 Å². The van der Waals surface area contributed by atoms with Gasteiger partial charge < -0.3 is 8.83 Å². The van der Waals surface area contributed by atoms with E-state index in [4.69, 9.17) is 28.8 Å². The van der Waals surface area contributed by atoms with Crippen molar-refractivity contribution in [2.24, 2.45) is 0 Å². The van der Waals surface area contributed by atoms with E-state index < -0.39 is 0 Å². The number of furan rings is 2. The number of nitrogens with zero attached hydrogens (tertiary/aromatic N) is 4. The van der Waals surface area contributed by atoms with E-state index in [1.54, 1.807) is 0 Å². The zero-order valence-electron chi connectivity index (χ0n) is 26.6. The largest absolute Gasteiger partial charge is 0.456 e. The number of hydrogen-bond acceptors (Lipinski definition) is 6. The van der Waals surface area contributed by atoms with Crippen LogP contribution < -0.4 is 0 Å². The average molecular weight is 643 g/mol. The highest BCUT2D eigenvalue weighted by Gasteiger charge is 2.19. The van der Waals surface area contributed by atoms with Gasteiger partial charge in [-0.15, -0.1) is 0 Å². The highest BCUT2D eigenvalue weighted by atomic mass is 16.3. The fourth-order valence-electron chi connectivity index (χ4n) is 6.66. The zero-order chi connectivity index (χ0) is 33.0. The van der Waals surface area contributed by atoms with Crippen LogP contribution in [0.5, 0.6) is 0 Å². The lowest BCUT2D eigenvalue weighted by Gasteiger charge is -2.09. The molecular weight excluding hydrogens is 617 g/mol. The van der Waals surface area contributed by atoms with Gasteiger partial charge >= 0.3 is 0 Å². The second-order valence-electron chi connectivity index (χ2n) is 12.3. The normalized spacial score (nSPS) is 11.6. The van der Waals surface area contributed by atoms with Crippen LogP contribution in [-0.2, 0) is 0 Å². The third-order valence-corrected chi connectivity index (χ3v) is 9.12. The molecule has 0 aliphatic heterocycles. The lowest BCUT2D eigenvalue weighted by Crippen LogP contribution is -1.95. The van der Waals surface area contributed by atoms with Gasteiger partial charge in [-0.3, -0.25) is 0 Å². The Hall–Kier alpha value is -6.92. The summed E-state index contributed by atoms with van der Waals surface area (Å²) in [6, 6.07) is 52.9. The molecule has 0 saturated carbocycles.